The van der Waals surface area contributed by atoms with Gasteiger partial charge < -0.3 is 15.0 Å². The molecule has 1 saturated heterocycles. The van der Waals surface area contributed by atoms with Crippen LogP contribution in [-0.2, 0) is 14.3 Å². The first kappa shape index (κ1) is 19.2. The minimum Gasteiger partial charge on any atom is -0.466 e. The van der Waals surface area contributed by atoms with E-state index in [9.17, 15) is 14.4 Å². The van der Waals surface area contributed by atoms with Crippen molar-refractivity contribution in [1.82, 2.24) is 10.2 Å². The van der Waals surface area contributed by atoms with Crippen molar-refractivity contribution in [3.63, 3.8) is 0 Å². The zero-order chi connectivity index (χ0) is 18.2. The SMILES string of the molecule is CCCCCOC(=O)CC1C(=O)NCCN1C(=O)c1cccc(Cl)c1. The molecular formula is C18H23ClN2O4. The van der Waals surface area contributed by atoms with Crippen LogP contribution >= 0.6 is 11.6 Å². The molecular weight excluding hydrogens is 344 g/mol. The number of ether oxygens (including phenoxy) is 1. The molecule has 25 heavy (non-hydrogen) atoms. The number of nitrogens with one attached hydrogen (secondary N) is 1. The molecule has 1 unspecified atom stereocenters. The Hall–Kier alpha value is -2.08. The summed E-state index contributed by atoms with van der Waals surface area (Å²) in [5.41, 5.74) is 0.392. The third kappa shape index (κ3) is 5.46. The lowest BCUT2D eigenvalue weighted by atomic mass is 10.1. The smallest absolute Gasteiger partial charge is 0.308 e. The quantitative estimate of drug-likeness (QED) is 0.594. The highest BCUT2D eigenvalue weighted by Crippen LogP contribution is 2.17. The molecule has 0 bridgehead atoms. The molecule has 1 N–H and O–H groups in total. The van der Waals surface area contributed by atoms with E-state index >= 15 is 0 Å². The Morgan fingerprint density at radius 3 is 2.88 bits per heavy atom. The zero-order valence-electron chi connectivity index (χ0n) is 14.3. The van der Waals surface area contributed by atoms with Crippen molar-refractivity contribution >= 4 is 29.4 Å². The summed E-state index contributed by atoms with van der Waals surface area (Å²) >= 11 is 5.94. The van der Waals surface area contributed by atoms with E-state index in [2.05, 4.69) is 12.2 Å². The maximum atomic E-state index is 12.7. The number of amides is 2. The third-order valence-electron chi connectivity index (χ3n) is 4.03. The van der Waals surface area contributed by atoms with Crippen LogP contribution in [0.2, 0.25) is 5.02 Å². The van der Waals surface area contributed by atoms with Crippen LogP contribution in [0.15, 0.2) is 24.3 Å². The Morgan fingerprint density at radius 1 is 1.36 bits per heavy atom. The number of carbonyl (C=O) groups excluding carboxylic acids is 3. The topological polar surface area (TPSA) is 75.7 Å². The van der Waals surface area contributed by atoms with Crippen molar-refractivity contribution in [1.29, 1.82) is 0 Å². The van der Waals surface area contributed by atoms with Crippen LogP contribution in [-0.4, -0.2) is 48.4 Å². The summed E-state index contributed by atoms with van der Waals surface area (Å²) in [5, 5.41) is 3.14. The molecule has 0 radical (unpaired) electrons. The molecule has 1 atom stereocenters. The van der Waals surface area contributed by atoms with Crippen LogP contribution in [0.5, 0.6) is 0 Å². The summed E-state index contributed by atoms with van der Waals surface area (Å²) in [6.45, 7) is 3.09. The van der Waals surface area contributed by atoms with Gasteiger partial charge in [-0.05, 0) is 24.6 Å². The fourth-order valence-corrected chi connectivity index (χ4v) is 2.89. The lowest BCUT2D eigenvalue weighted by Gasteiger charge is -2.34. The van der Waals surface area contributed by atoms with Crippen LogP contribution < -0.4 is 5.32 Å². The number of rotatable bonds is 7. The highest BCUT2D eigenvalue weighted by atomic mass is 35.5. The molecule has 0 aromatic heterocycles. The highest BCUT2D eigenvalue weighted by molar-refractivity contribution is 6.31. The van der Waals surface area contributed by atoms with E-state index in [0.29, 0.717) is 30.3 Å². The second-order valence-electron chi connectivity index (χ2n) is 5.95. The van der Waals surface area contributed by atoms with E-state index in [4.69, 9.17) is 16.3 Å². The Bertz CT molecular complexity index is 635. The molecule has 0 aliphatic carbocycles. The molecule has 0 spiro atoms. The van der Waals surface area contributed by atoms with Crippen LogP contribution in [0.25, 0.3) is 0 Å². The summed E-state index contributed by atoms with van der Waals surface area (Å²) in [6.07, 6.45) is 2.66. The number of hydrogen-bond acceptors (Lipinski definition) is 4. The molecule has 2 amide bonds. The van der Waals surface area contributed by atoms with Gasteiger partial charge in [0.2, 0.25) is 5.91 Å². The molecule has 1 fully saturated rings. The van der Waals surface area contributed by atoms with Gasteiger partial charge in [0.1, 0.15) is 6.04 Å². The Morgan fingerprint density at radius 2 is 2.16 bits per heavy atom. The normalized spacial score (nSPS) is 17.1. The summed E-state index contributed by atoms with van der Waals surface area (Å²) in [5.74, 6) is -1.13. The minimum absolute atomic E-state index is 0.149. The lowest BCUT2D eigenvalue weighted by Crippen LogP contribution is -2.57. The van der Waals surface area contributed by atoms with E-state index in [0.717, 1.165) is 19.3 Å². The number of esters is 1. The molecule has 1 aromatic carbocycles. The van der Waals surface area contributed by atoms with Gasteiger partial charge in [-0.15, -0.1) is 0 Å². The van der Waals surface area contributed by atoms with E-state index in [1.54, 1.807) is 24.3 Å². The molecule has 0 saturated carbocycles. The van der Waals surface area contributed by atoms with Crippen molar-refractivity contribution in [2.75, 3.05) is 19.7 Å². The lowest BCUT2D eigenvalue weighted by molar-refractivity contribution is -0.147. The number of nitrogens with zero attached hydrogens (tertiary/aromatic N) is 1. The Balaban J connectivity index is 2.03. The first-order valence-electron chi connectivity index (χ1n) is 8.52. The van der Waals surface area contributed by atoms with Gasteiger partial charge >= 0.3 is 5.97 Å². The Labute approximate surface area is 152 Å². The number of hydrogen-bond donors (Lipinski definition) is 1. The van der Waals surface area contributed by atoms with Gasteiger partial charge in [-0.25, -0.2) is 0 Å². The second kappa shape index (κ2) is 9.42. The van der Waals surface area contributed by atoms with Crippen molar-refractivity contribution in [3.8, 4) is 0 Å². The summed E-state index contributed by atoms with van der Waals surface area (Å²) in [7, 11) is 0. The van der Waals surface area contributed by atoms with Gasteiger partial charge in [-0.3, -0.25) is 14.4 Å². The average molecular weight is 367 g/mol. The van der Waals surface area contributed by atoms with Crippen molar-refractivity contribution in [2.24, 2.45) is 0 Å². The minimum atomic E-state index is -0.862. The van der Waals surface area contributed by atoms with Crippen LogP contribution in [0, 0.1) is 0 Å². The van der Waals surface area contributed by atoms with Crippen molar-refractivity contribution < 1.29 is 19.1 Å². The van der Waals surface area contributed by atoms with Crippen LogP contribution in [0.4, 0.5) is 0 Å². The predicted molar refractivity (Wildman–Crippen MR) is 94.4 cm³/mol. The molecule has 7 heteroatoms. The molecule has 2 rings (SSSR count). The largest absolute Gasteiger partial charge is 0.466 e. The first-order chi connectivity index (χ1) is 12.0. The van der Waals surface area contributed by atoms with Gasteiger partial charge in [0.25, 0.3) is 5.91 Å². The highest BCUT2D eigenvalue weighted by Gasteiger charge is 2.35. The van der Waals surface area contributed by atoms with Crippen LogP contribution in [0.3, 0.4) is 0 Å². The molecule has 1 heterocycles. The maximum Gasteiger partial charge on any atom is 0.308 e. The summed E-state index contributed by atoms with van der Waals surface area (Å²) < 4.78 is 5.17. The number of carbonyl (C=O) groups is 3. The van der Waals surface area contributed by atoms with Gasteiger partial charge in [0.05, 0.1) is 13.0 Å². The standard InChI is InChI=1S/C18H23ClN2O4/c1-2-3-4-10-25-16(22)12-15-17(23)20-8-9-21(15)18(24)13-6-5-7-14(19)11-13/h5-7,11,15H,2-4,8-10,12H2,1H3,(H,20,23). The number of unbranched alkanes of at least 4 members (excludes halogenated alkanes) is 2. The molecule has 6 nitrogen and oxygen atoms in total. The Kier molecular flexibility index (Phi) is 7.25. The first-order valence-corrected chi connectivity index (χ1v) is 8.90. The van der Waals surface area contributed by atoms with Crippen molar-refractivity contribution in [3.05, 3.63) is 34.9 Å². The summed E-state index contributed by atoms with van der Waals surface area (Å²) in [4.78, 5) is 38.3. The van der Waals surface area contributed by atoms with E-state index in [1.165, 1.54) is 4.90 Å². The second-order valence-corrected chi connectivity index (χ2v) is 6.38. The number of piperazine rings is 1. The monoisotopic (exact) mass is 366 g/mol. The molecule has 1 aliphatic heterocycles. The van der Waals surface area contributed by atoms with Gasteiger partial charge in [-0.1, -0.05) is 37.4 Å². The zero-order valence-corrected chi connectivity index (χ0v) is 15.1. The number of benzene rings is 1. The van der Waals surface area contributed by atoms with Crippen LogP contribution in [0.1, 0.15) is 43.0 Å². The van der Waals surface area contributed by atoms with Crippen molar-refractivity contribution in [2.45, 2.75) is 38.6 Å². The van der Waals surface area contributed by atoms with Gasteiger partial charge in [0.15, 0.2) is 0 Å². The molecule has 1 aromatic rings. The van der Waals surface area contributed by atoms with Gasteiger partial charge in [0, 0.05) is 23.7 Å². The third-order valence-corrected chi connectivity index (χ3v) is 4.27. The predicted octanol–water partition coefficient (Wildman–Crippen LogP) is 2.40. The number of halogens is 1. The molecule has 136 valence electrons. The summed E-state index contributed by atoms with van der Waals surface area (Å²) in [6, 6.07) is 5.68. The fourth-order valence-electron chi connectivity index (χ4n) is 2.70. The van der Waals surface area contributed by atoms with E-state index in [1.807, 2.05) is 0 Å². The fraction of sp³-hybridized carbons (Fsp3) is 0.500. The van der Waals surface area contributed by atoms with Gasteiger partial charge in [-0.2, -0.15) is 0 Å². The van der Waals surface area contributed by atoms with E-state index in [-0.39, 0.29) is 18.2 Å². The van der Waals surface area contributed by atoms with E-state index < -0.39 is 12.0 Å². The molecule has 1 aliphatic rings. The maximum absolute atomic E-state index is 12.7. The average Bonchev–Trinajstić information content (AvgIpc) is 2.60.